The summed E-state index contributed by atoms with van der Waals surface area (Å²) in [7, 11) is 0. The fourth-order valence-corrected chi connectivity index (χ4v) is 3.08. The molecular weight excluding hydrogens is 278 g/mol. The van der Waals surface area contributed by atoms with E-state index in [9.17, 15) is 4.79 Å². The maximum atomic E-state index is 11.3. The van der Waals surface area contributed by atoms with Crippen molar-refractivity contribution in [2.24, 2.45) is 0 Å². The quantitative estimate of drug-likeness (QED) is 0.693. The van der Waals surface area contributed by atoms with Crippen LogP contribution in [0.3, 0.4) is 0 Å². The summed E-state index contributed by atoms with van der Waals surface area (Å²) in [6.45, 7) is 0. The Balaban J connectivity index is 1.57. The summed E-state index contributed by atoms with van der Waals surface area (Å²) in [4.78, 5) is 18.5. The van der Waals surface area contributed by atoms with E-state index >= 15 is 0 Å². The lowest BCUT2D eigenvalue weighted by Crippen LogP contribution is -2.03. The largest absolute Gasteiger partial charge is 0.323 e. The summed E-state index contributed by atoms with van der Waals surface area (Å²) in [6, 6.07) is 8.94. The monoisotopic (exact) mass is 295 g/mol. The van der Waals surface area contributed by atoms with E-state index in [1.807, 2.05) is 12.1 Å². The smallest absolute Gasteiger partial charge is 0.248 e. The summed E-state index contributed by atoms with van der Waals surface area (Å²) in [5, 5.41) is 10.7. The molecule has 0 spiro atoms. The Hall–Kier alpha value is -2.63. The topological polar surface area (TPSA) is 86.5 Å². The van der Waals surface area contributed by atoms with Gasteiger partial charge in [-0.05, 0) is 31.0 Å². The highest BCUT2D eigenvalue weighted by atomic mass is 16.1. The molecule has 4 rings (SSSR count). The van der Waals surface area contributed by atoms with Crippen LogP contribution in [0, 0.1) is 0 Å². The predicted octanol–water partition coefficient (Wildman–Crippen LogP) is 3.05. The lowest BCUT2D eigenvalue weighted by atomic mass is 10.0. The second-order valence-corrected chi connectivity index (χ2v) is 5.77. The van der Waals surface area contributed by atoms with Crippen LogP contribution in [0.15, 0.2) is 35.1 Å². The molecule has 6 heteroatoms. The number of nitrogens with zero attached hydrogens (tertiary/aromatic N) is 2. The van der Waals surface area contributed by atoms with E-state index in [0.29, 0.717) is 11.7 Å². The van der Waals surface area contributed by atoms with Gasteiger partial charge in [-0.2, -0.15) is 5.10 Å². The number of nitrogens with one attached hydrogen (secondary N) is 3. The van der Waals surface area contributed by atoms with Gasteiger partial charge in [0.1, 0.15) is 5.82 Å². The summed E-state index contributed by atoms with van der Waals surface area (Å²) in [6.07, 6.45) is 5.08. The van der Waals surface area contributed by atoms with E-state index in [0.717, 1.165) is 16.9 Å². The van der Waals surface area contributed by atoms with Gasteiger partial charge in [0, 0.05) is 23.7 Å². The minimum Gasteiger partial charge on any atom is -0.323 e. The number of aromatic nitrogens is 4. The number of hydrogen-bond donors (Lipinski definition) is 3. The zero-order chi connectivity index (χ0) is 14.9. The Bertz CT molecular complexity index is 860. The first kappa shape index (κ1) is 13.1. The van der Waals surface area contributed by atoms with Crippen LogP contribution in [0.5, 0.6) is 0 Å². The van der Waals surface area contributed by atoms with E-state index in [2.05, 4.69) is 31.5 Å². The highest BCUT2D eigenvalue weighted by Gasteiger charge is 2.19. The highest BCUT2D eigenvalue weighted by Crippen LogP contribution is 2.33. The molecule has 1 aliphatic rings. The zero-order valence-electron chi connectivity index (χ0n) is 12.1. The van der Waals surface area contributed by atoms with Gasteiger partial charge in [-0.3, -0.25) is 9.89 Å². The maximum Gasteiger partial charge on any atom is 0.248 e. The zero-order valence-corrected chi connectivity index (χ0v) is 12.1. The molecule has 1 saturated carbocycles. The minimum atomic E-state index is -0.122. The Labute approximate surface area is 127 Å². The van der Waals surface area contributed by atoms with Crippen molar-refractivity contribution in [1.29, 1.82) is 0 Å². The van der Waals surface area contributed by atoms with Crippen LogP contribution in [-0.2, 0) is 0 Å². The van der Waals surface area contributed by atoms with Gasteiger partial charge in [0.25, 0.3) is 0 Å². The van der Waals surface area contributed by atoms with Gasteiger partial charge in [-0.1, -0.05) is 12.8 Å². The SMILES string of the molecule is O=c1ccc2nc(Nc3cc(C4CCCC4)[nH]n3)ccc2[nH]1. The van der Waals surface area contributed by atoms with Gasteiger partial charge in [0.05, 0.1) is 11.0 Å². The van der Waals surface area contributed by atoms with Crippen LogP contribution in [0.25, 0.3) is 11.0 Å². The third kappa shape index (κ3) is 2.47. The molecule has 3 aromatic rings. The van der Waals surface area contributed by atoms with Gasteiger partial charge >= 0.3 is 0 Å². The molecule has 3 aromatic heterocycles. The molecule has 0 atom stereocenters. The lowest BCUT2D eigenvalue weighted by molar-refractivity contribution is 0.693. The van der Waals surface area contributed by atoms with E-state index in [1.54, 1.807) is 6.07 Å². The number of H-pyrrole nitrogens is 2. The second kappa shape index (κ2) is 5.29. The van der Waals surface area contributed by atoms with Crippen LogP contribution in [0.4, 0.5) is 11.6 Å². The van der Waals surface area contributed by atoms with Crippen molar-refractivity contribution in [2.75, 3.05) is 5.32 Å². The molecule has 0 saturated heterocycles. The number of rotatable bonds is 3. The standard InChI is InChI=1S/C16H17N5O/c22-16-8-6-11-12(18-16)5-7-14(17-11)19-15-9-13(20-21-15)10-3-1-2-4-10/h5-10H,1-4H2,(H,18,22)(H2,17,19,20,21). The molecular formula is C16H17N5O. The van der Waals surface area contributed by atoms with Gasteiger partial charge in [-0.25, -0.2) is 4.98 Å². The Morgan fingerprint density at radius 1 is 1.09 bits per heavy atom. The van der Waals surface area contributed by atoms with Crippen LogP contribution in [0.2, 0.25) is 0 Å². The van der Waals surface area contributed by atoms with Gasteiger partial charge in [0.15, 0.2) is 5.82 Å². The van der Waals surface area contributed by atoms with Crippen molar-refractivity contribution in [3.63, 3.8) is 0 Å². The van der Waals surface area contributed by atoms with Crippen LogP contribution >= 0.6 is 0 Å². The molecule has 22 heavy (non-hydrogen) atoms. The van der Waals surface area contributed by atoms with Crippen LogP contribution < -0.4 is 10.9 Å². The van der Waals surface area contributed by atoms with E-state index in [-0.39, 0.29) is 5.56 Å². The van der Waals surface area contributed by atoms with E-state index in [4.69, 9.17) is 0 Å². The fourth-order valence-electron chi connectivity index (χ4n) is 3.08. The summed E-state index contributed by atoms with van der Waals surface area (Å²) < 4.78 is 0. The normalized spacial score (nSPS) is 15.5. The first-order chi connectivity index (χ1) is 10.8. The van der Waals surface area contributed by atoms with E-state index < -0.39 is 0 Å². The highest BCUT2D eigenvalue weighted by molar-refractivity contribution is 5.76. The molecule has 3 N–H and O–H groups in total. The first-order valence-electron chi connectivity index (χ1n) is 7.60. The Kier molecular flexibility index (Phi) is 3.14. The molecule has 0 bridgehead atoms. The number of pyridine rings is 2. The molecule has 1 aliphatic carbocycles. The molecule has 1 fully saturated rings. The fraction of sp³-hybridized carbons (Fsp3) is 0.312. The van der Waals surface area contributed by atoms with Gasteiger partial charge in [-0.15, -0.1) is 0 Å². The Morgan fingerprint density at radius 2 is 1.95 bits per heavy atom. The lowest BCUT2D eigenvalue weighted by Gasteiger charge is -2.04. The van der Waals surface area contributed by atoms with Gasteiger partial charge < -0.3 is 10.3 Å². The first-order valence-corrected chi connectivity index (χ1v) is 7.60. The van der Waals surface area contributed by atoms with Crippen molar-refractivity contribution >= 4 is 22.7 Å². The molecule has 0 aromatic carbocycles. The van der Waals surface area contributed by atoms with Crippen molar-refractivity contribution in [3.8, 4) is 0 Å². The number of fused-ring (bicyclic) bond motifs is 1. The minimum absolute atomic E-state index is 0.122. The number of hydrogen-bond acceptors (Lipinski definition) is 4. The summed E-state index contributed by atoms with van der Waals surface area (Å²) >= 11 is 0. The van der Waals surface area contributed by atoms with E-state index in [1.165, 1.54) is 37.4 Å². The molecule has 6 nitrogen and oxygen atoms in total. The van der Waals surface area contributed by atoms with Crippen molar-refractivity contribution in [3.05, 3.63) is 46.4 Å². The van der Waals surface area contributed by atoms with Crippen LogP contribution in [0.1, 0.15) is 37.3 Å². The van der Waals surface area contributed by atoms with Crippen LogP contribution in [-0.4, -0.2) is 20.2 Å². The molecule has 112 valence electrons. The van der Waals surface area contributed by atoms with Crippen molar-refractivity contribution in [2.45, 2.75) is 31.6 Å². The van der Waals surface area contributed by atoms with Crippen molar-refractivity contribution in [1.82, 2.24) is 20.2 Å². The Morgan fingerprint density at radius 3 is 2.82 bits per heavy atom. The maximum absolute atomic E-state index is 11.3. The third-order valence-electron chi connectivity index (χ3n) is 4.22. The average molecular weight is 295 g/mol. The second-order valence-electron chi connectivity index (χ2n) is 5.77. The van der Waals surface area contributed by atoms with Crippen molar-refractivity contribution < 1.29 is 0 Å². The average Bonchev–Trinajstić information content (AvgIpc) is 3.18. The third-order valence-corrected chi connectivity index (χ3v) is 4.22. The summed E-state index contributed by atoms with van der Waals surface area (Å²) in [5.41, 5.74) is 2.55. The molecule has 0 aliphatic heterocycles. The molecule has 0 radical (unpaired) electrons. The molecule has 0 amide bonds. The number of anilines is 2. The molecule has 3 heterocycles. The van der Waals surface area contributed by atoms with Gasteiger partial charge in [0.2, 0.25) is 5.56 Å². The number of aromatic amines is 2. The predicted molar refractivity (Wildman–Crippen MR) is 85.4 cm³/mol. The summed E-state index contributed by atoms with van der Waals surface area (Å²) in [5.74, 6) is 2.10. The molecule has 0 unspecified atom stereocenters.